The fraction of sp³-hybridized carbons (Fsp3) is 0.250. The zero-order valence-electron chi connectivity index (χ0n) is 9.79. The van der Waals surface area contributed by atoms with Crippen LogP contribution in [0.15, 0.2) is 18.2 Å². The third-order valence-corrected chi connectivity index (χ3v) is 2.82. The Hall–Kier alpha value is -2.39. The summed E-state index contributed by atoms with van der Waals surface area (Å²) in [7, 11) is 1.76. The van der Waals surface area contributed by atoms with E-state index in [4.69, 9.17) is 16.1 Å². The summed E-state index contributed by atoms with van der Waals surface area (Å²) >= 11 is 0. The number of fused-ring (bicyclic) bond motifs is 1. The first-order chi connectivity index (χ1) is 8.52. The van der Waals surface area contributed by atoms with Gasteiger partial charge in [-0.05, 0) is 24.1 Å². The Kier molecular flexibility index (Phi) is 3.00. The molecule has 0 aliphatic carbocycles. The van der Waals surface area contributed by atoms with Crippen molar-refractivity contribution in [1.82, 2.24) is 9.55 Å². The Morgan fingerprint density at radius 2 is 2.39 bits per heavy atom. The molecule has 6 nitrogen and oxygen atoms in total. The fourth-order valence-electron chi connectivity index (χ4n) is 1.81. The molecular formula is C12H12N4O2. The number of nitriles is 1. The number of benzene rings is 1. The number of carboxylic acids is 1. The first-order valence-corrected chi connectivity index (χ1v) is 5.36. The Labute approximate surface area is 103 Å². The van der Waals surface area contributed by atoms with Gasteiger partial charge in [-0.2, -0.15) is 5.26 Å². The number of rotatable bonds is 3. The summed E-state index contributed by atoms with van der Waals surface area (Å²) in [5, 5.41) is 17.6. The highest BCUT2D eigenvalue weighted by Crippen LogP contribution is 2.17. The lowest BCUT2D eigenvalue weighted by atomic mass is 10.1. The molecule has 0 spiro atoms. The van der Waals surface area contributed by atoms with Crippen molar-refractivity contribution < 1.29 is 9.90 Å². The van der Waals surface area contributed by atoms with Crippen LogP contribution in [0, 0.1) is 11.3 Å². The lowest BCUT2D eigenvalue weighted by molar-refractivity contribution is -0.138. The van der Waals surface area contributed by atoms with Crippen LogP contribution in [0.4, 0.5) is 0 Å². The fourth-order valence-corrected chi connectivity index (χ4v) is 1.81. The number of aryl methyl sites for hydroxylation is 1. The second-order valence-corrected chi connectivity index (χ2v) is 4.08. The Balaban J connectivity index is 2.39. The Bertz CT molecular complexity index is 654. The van der Waals surface area contributed by atoms with E-state index in [2.05, 4.69) is 4.98 Å². The number of aromatic nitrogens is 2. The minimum absolute atomic E-state index is 0.240. The molecule has 1 aromatic carbocycles. The second kappa shape index (κ2) is 4.47. The number of carbonyl (C=O) groups is 1. The van der Waals surface area contributed by atoms with Gasteiger partial charge in [0.15, 0.2) is 0 Å². The molecule has 0 bridgehead atoms. The molecule has 1 heterocycles. The van der Waals surface area contributed by atoms with Crippen LogP contribution < -0.4 is 5.73 Å². The largest absolute Gasteiger partial charge is 0.480 e. The van der Waals surface area contributed by atoms with E-state index < -0.39 is 12.0 Å². The van der Waals surface area contributed by atoms with Gasteiger partial charge < -0.3 is 15.4 Å². The Morgan fingerprint density at radius 1 is 1.67 bits per heavy atom. The standard InChI is InChI=1S/C12H12N4O2/c1-16-10-3-2-7(4-8(14)12(17)18)5-9(10)15-11(16)6-13/h2-3,5,8H,4,14H2,1H3,(H,17,18)/t8-/m0/s1. The molecular weight excluding hydrogens is 232 g/mol. The van der Waals surface area contributed by atoms with Crippen molar-refractivity contribution in [2.24, 2.45) is 12.8 Å². The van der Waals surface area contributed by atoms with E-state index in [1.165, 1.54) is 0 Å². The Morgan fingerprint density at radius 3 is 3.00 bits per heavy atom. The zero-order valence-corrected chi connectivity index (χ0v) is 9.79. The maximum absolute atomic E-state index is 10.7. The van der Waals surface area contributed by atoms with Gasteiger partial charge in [-0.15, -0.1) is 0 Å². The maximum Gasteiger partial charge on any atom is 0.320 e. The van der Waals surface area contributed by atoms with Crippen molar-refractivity contribution in [1.29, 1.82) is 5.26 Å². The average Bonchev–Trinajstić information content (AvgIpc) is 2.65. The molecule has 0 aliphatic heterocycles. The molecule has 0 radical (unpaired) electrons. The van der Waals surface area contributed by atoms with E-state index in [9.17, 15) is 4.79 Å². The summed E-state index contributed by atoms with van der Waals surface area (Å²) < 4.78 is 1.69. The van der Waals surface area contributed by atoms with E-state index in [1.807, 2.05) is 12.1 Å². The molecule has 2 rings (SSSR count). The first kappa shape index (κ1) is 12.1. The molecule has 0 aliphatic rings. The van der Waals surface area contributed by atoms with Crippen LogP contribution in [0.1, 0.15) is 11.4 Å². The van der Waals surface area contributed by atoms with E-state index >= 15 is 0 Å². The van der Waals surface area contributed by atoms with Gasteiger partial charge in [-0.25, -0.2) is 4.98 Å². The van der Waals surface area contributed by atoms with Crippen molar-refractivity contribution >= 4 is 17.0 Å². The molecule has 0 amide bonds. The zero-order chi connectivity index (χ0) is 13.3. The summed E-state index contributed by atoms with van der Waals surface area (Å²) in [6.07, 6.45) is 0.240. The van der Waals surface area contributed by atoms with Gasteiger partial charge in [0, 0.05) is 7.05 Å². The first-order valence-electron chi connectivity index (χ1n) is 5.36. The van der Waals surface area contributed by atoms with Gasteiger partial charge in [-0.3, -0.25) is 4.79 Å². The van der Waals surface area contributed by atoms with Crippen LogP contribution in [0.5, 0.6) is 0 Å². The third-order valence-electron chi connectivity index (χ3n) is 2.82. The van der Waals surface area contributed by atoms with Crippen LogP contribution in [-0.4, -0.2) is 26.7 Å². The molecule has 18 heavy (non-hydrogen) atoms. The average molecular weight is 244 g/mol. The summed E-state index contributed by atoms with van der Waals surface area (Å²) in [6, 6.07) is 6.44. The smallest absolute Gasteiger partial charge is 0.320 e. The summed E-state index contributed by atoms with van der Waals surface area (Å²) in [6.45, 7) is 0. The molecule has 1 aromatic heterocycles. The number of imidazole rings is 1. The van der Waals surface area contributed by atoms with Gasteiger partial charge in [-0.1, -0.05) is 6.07 Å². The van der Waals surface area contributed by atoms with Gasteiger partial charge in [0.25, 0.3) is 0 Å². The highest BCUT2D eigenvalue weighted by Gasteiger charge is 2.13. The van der Waals surface area contributed by atoms with Crippen molar-refractivity contribution in [3.8, 4) is 6.07 Å². The van der Waals surface area contributed by atoms with Gasteiger partial charge in [0.1, 0.15) is 12.1 Å². The highest BCUT2D eigenvalue weighted by molar-refractivity contribution is 5.78. The summed E-state index contributed by atoms with van der Waals surface area (Å²) in [5.41, 5.74) is 7.77. The van der Waals surface area contributed by atoms with Crippen LogP contribution >= 0.6 is 0 Å². The van der Waals surface area contributed by atoms with Gasteiger partial charge in [0.05, 0.1) is 11.0 Å². The predicted octanol–water partition coefficient (Wildman–Crippen LogP) is 0.399. The molecule has 2 aromatic rings. The SMILES string of the molecule is Cn1c(C#N)nc2cc(C[C@H](N)C(=O)O)ccc21. The molecule has 1 atom stereocenters. The quantitative estimate of drug-likeness (QED) is 0.813. The lowest BCUT2D eigenvalue weighted by Gasteiger charge is -2.06. The topological polar surface area (TPSA) is 105 Å². The molecule has 92 valence electrons. The minimum atomic E-state index is -1.03. The molecule has 0 saturated carbocycles. The van der Waals surface area contributed by atoms with Crippen LogP contribution in [0.25, 0.3) is 11.0 Å². The monoisotopic (exact) mass is 244 g/mol. The van der Waals surface area contributed by atoms with Gasteiger partial charge >= 0.3 is 5.97 Å². The van der Waals surface area contributed by atoms with E-state index in [0.717, 1.165) is 11.1 Å². The number of nitrogens with zero attached hydrogens (tertiary/aromatic N) is 3. The second-order valence-electron chi connectivity index (χ2n) is 4.08. The van der Waals surface area contributed by atoms with Crippen LogP contribution in [-0.2, 0) is 18.3 Å². The summed E-state index contributed by atoms with van der Waals surface area (Å²) in [4.78, 5) is 14.8. The third kappa shape index (κ3) is 2.04. The number of carboxylic acid groups (broad SMARTS) is 1. The van der Waals surface area contributed by atoms with E-state index in [1.54, 1.807) is 23.7 Å². The van der Waals surface area contributed by atoms with Crippen molar-refractivity contribution in [3.63, 3.8) is 0 Å². The van der Waals surface area contributed by atoms with E-state index in [-0.39, 0.29) is 6.42 Å². The summed E-state index contributed by atoms with van der Waals surface area (Å²) in [5.74, 6) is -0.710. The normalized spacial score (nSPS) is 12.3. The predicted molar refractivity (Wildman–Crippen MR) is 64.7 cm³/mol. The highest BCUT2D eigenvalue weighted by atomic mass is 16.4. The molecule has 0 unspecified atom stereocenters. The molecule has 0 fully saturated rings. The molecule has 3 N–H and O–H groups in total. The van der Waals surface area contributed by atoms with Crippen molar-refractivity contribution in [2.75, 3.05) is 0 Å². The van der Waals surface area contributed by atoms with Crippen molar-refractivity contribution in [2.45, 2.75) is 12.5 Å². The van der Waals surface area contributed by atoms with Gasteiger partial charge in [0.2, 0.25) is 5.82 Å². The lowest BCUT2D eigenvalue weighted by Crippen LogP contribution is -2.32. The number of hydrogen-bond acceptors (Lipinski definition) is 4. The number of aliphatic carboxylic acids is 1. The van der Waals surface area contributed by atoms with Crippen LogP contribution in [0.3, 0.4) is 0 Å². The number of nitrogens with two attached hydrogens (primary N) is 1. The van der Waals surface area contributed by atoms with Crippen LogP contribution in [0.2, 0.25) is 0 Å². The maximum atomic E-state index is 10.7. The molecule has 6 heteroatoms. The minimum Gasteiger partial charge on any atom is -0.480 e. The van der Waals surface area contributed by atoms with Crippen molar-refractivity contribution in [3.05, 3.63) is 29.6 Å². The molecule has 0 saturated heterocycles. The number of hydrogen-bond donors (Lipinski definition) is 2. The van der Waals surface area contributed by atoms with E-state index in [0.29, 0.717) is 11.3 Å².